The number of anilines is 1. The molecule has 0 unspecified atom stereocenters. The third-order valence-electron chi connectivity index (χ3n) is 2.28. The van der Waals surface area contributed by atoms with Crippen molar-refractivity contribution in [3.05, 3.63) is 42.5 Å². The Morgan fingerprint density at radius 1 is 1.20 bits per heavy atom. The monoisotopic (exact) mass is 297 g/mol. The maximum atomic E-state index is 12.8. The summed E-state index contributed by atoms with van der Waals surface area (Å²) in [4.78, 5) is 7.63. The van der Waals surface area contributed by atoms with E-state index >= 15 is 0 Å². The van der Waals surface area contributed by atoms with Crippen LogP contribution in [0.3, 0.4) is 0 Å². The Balaban J connectivity index is 2.17. The predicted octanol–water partition coefficient (Wildman–Crippen LogP) is 1.82. The van der Waals surface area contributed by atoms with Gasteiger partial charge in [-0.2, -0.15) is 0 Å². The summed E-state index contributed by atoms with van der Waals surface area (Å²) in [7, 11) is -3.79. The quantitative estimate of drug-likeness (QED) is 0.910. The summed E-state index contributed by atoms with van der Waals surface area (Å²) in [6.07, 6.45) is 2.58. The van der Waals surface area contributed by atoms with Crippen molar-refractivity contribution in [3.8, 4) is 6.01 Å². The Morgan fingerprint density at radius 2 is 1.80 bits per heavy atom. The molecule has 106 valence electrons. The van der Waals surface area contributed by atoms with E-state index in [2.05, 4.69) is 14.7 Å². The van der Waals surface area contributed by atoms with Crippen LogP contribution in [-0.2, 0) is 10.0 Å². The highest BCUT2D eigenvalue weighted by Crippen LogP contribution is 2.15. The topological polar surface area (TPSA) is 81.2 Å². The fraction of sp³-hybridized carbons (Fsp3) is 0.167. The number of hydrogen-bond acceptors (Lipinski definition) is 5. The highest BCUT2D eigenvalue weighted by molar-refractivity contribution is 7.92. The molecule has 0 amide bonds. The van der Waals surface area contributed by atoms with Crippen LogP contribution in [0.4, 0.5) is 10.1 Å². The van der Waals surface area contributed by atoms with Gasteiger partial charge in [0.05, 0.1) is 29.6 Å². The number of sulfonamides is 1. The first kappa shape index (κ1) is 14.2. The maximum Gasteiger partial charge on any atom is 0.316 e. The molecule has 0 bridgehead atoms. The number of rotatable bonds is 5. The van der Waals surface area contributed by atoms with Gasteiger partial charge in [0.25, 0.3) is 10.0 Å². The number of nitrogens with one attached hydrogen (secondary N) is 1. The molecule has 2 aromatic rings. The molecule has 1 N–H and O–H groups in total. The molecule has 1 aromatic heterocycles. The number of benzene rings is 1. The molecule has 0 aliphatic carbocycles. The van der Waals surface area contributed by atoms with Crippen LogP contribution in [-0.4, -0.2) is 25.0 Å². The molecule has 1 heterocycles. The third-order valence-corrected chi connectivity index (χ3v) is 3.67. The lowest BCUT2D eigenvalue weighted by Gasteiger charge is -2.07. The summed E-state index contributed by atoms with van der Waals surface area (Å²) in [6, 6.07) is 4.66. The average Bonchev–Trinajstić information content (AvgIpc) is 2.41. The first-order chi connectivity index (χ1) is 9.51. The van der Waals surface area contributed by atoms with Gasteiger partial charge >= 0.3 is 6.01 Å². The van der Waals surface area contributed by atoms with Crippen LogP contribution in [0.1, 0.15) is 6.92 Å². The molecule has 0 fully saturated rings. The molecule has 1 aromatic carbocycles. The second-order valence-corrected chi connectivity index (χ2v) is 5.43. The molecule has 0 aliphatic rings. The molecule has 20 heavy (non-hydrogen) atoms. The van der Waals surface area contributed by atoms with Gasteiger partial charge < -0.3 is 4.74 Å². The third kappa shape index (κ3) is 3.41. The van der Waals surface area contributed by atoms with Gasteiger partial charge in [-0.1, -0.05) is 0 Å². The first-order valence-electron chi connectivity index (χ1n) is 5.74. The van der Waals surface area contributed by atoms with Gasteiger partial charge in [0.15, 0.2) is 0 Å². The van der Waals surface area contributed by atoms with E-state index in [1.807, 2.05) is 0 Å². The minimum atomic E-state index is -3.79. The van der Waals surface area contributed by atoms with Gasteiger partial charge in [0.1, 0.15) is 5.82 Å². The SMILES string of the molecule is CCOc1ncc(NS(=O)(=O)c2ccc(F)cc2)cn1. The van der Waals surface area contributed by atoms with Gasteiger partial charge in [-0.05, 0) is 31.2 Å². The highest BCUT2D eigenvalue weighted by atomic mass is 32.2. The van der Waals surface area contributed by atoms with Crippen molar-refractivity contribution in [1.29, 1.82) is 0 Å². The summed E-state index contributed by atoms with van der Waals surface area (Å²) in [5.41, 5.74) is 0.192. The molecular formula is C12H12FN3O3S. The average molecular weight is 297 g/mol. The number of hydrogen-bond donors (Lipinski definition) is 1. The second-order valence-electron chi connectivity index (χ2n) is 3.75. The van der Waals surface area contributed by atoms with Crippen LogP contribution in [0.2, 0.25) is 0 Å². The van der Waals surface area contributed by atoms with Crippen molar-refractivity contribution in [2.45, 2.75) is 11.8 Å². The Morgan fingerprint density at radius 3 is 2.35 bits per heavy atom. The predicted molar refractivity (Wildman–Crippen MR) is 70.4 cm³/mol. The van der Waals surface area contributed by atoms with Crippen LogP contribution >= 0.6 is 0 Å². The summed E-state index contributed by atoms with van der Waals surface area (Å²) < 4.78 is 44.1. The second kappa shape index (κ2) is 5.83. The van der Waals surface area contributed by atoms with E-state index in [0.29, 0.717) is 6.61 Å². The van der Waals surface area contributed by atoms with Crippen LogP contribution in [0.25, 0.3) is 0 Å². The summed E-state index contributed by atoms with van der Waals surface area (Å²) in [6.45, 7) is 2.20. The molecule has 2 rings (SSSR count). The van der Waals surface area contributed by atoms with Crippen LogP contribution < -0.4 is 9.46 Å². The van der Waals surface area contributed by atoms with E-state index in [1.54, 1.807) is 6.92 Å². The van der Waals surface area contributed by atoms with Gasteiger partial charge in [-0.15, -0.1) is 0 Å². The molecule has 0 radical (unpaired) electrons. The highest BCUT2D eigenvalue weighted by Gasteiger charge is 2.14. The Labute approximate surface area is 115 Å². The zero-order chi connectivity index (χ0) is 14.6. The van der Waals surface area contributed by atoms with Crippen molar-refractivity contribution in [3.63, 3.8) is 0 Å². The molecule has 6 nitrogen and oxygen atoms in total. The van der Waals surface area contributed by atoms with Crippen LogP contribution in [0.5, 0.6) is 6.01 Å². The fourth-order valence-corrected chi connectivity index (χ4v) is 2.43. The normalized spacial score (nSPS) is 11.1. The van der Waals surface area contributed by atoms with Crippen molar-refractivity contribution >= 4 is 15.7 Å². The number of halogens is 1. The Bertz CT molecular complexity index is 672. The van der Waals surface area contributed by atoms with Crippen molar-refractivity contribution < 1.29 is 17.5 Å². The molecule has 0 aliphatic heterocycles. The molecular weight excluding hydrogens is 285 g/mol. The van der Waals surface area contributed by atoms with E-state index in [1.165, 1.54) is 24.5 Å². The molecule has 0 saturated heterocycles. The number of ether oxygens (including phenoxy) is 1. The fourth-order valence-electron chi connectivity index (χ4n) is 1.40. The number of nitrogens with zero attached hydrogens (tertiary/aromatic N) is 2. The van der Waals surface area contributed by atoms with Crippen LogP contribution in [0, 0.1) is 5.82 Å². The lowest BCUT2D eigenvalue weighted by Crippen LogP contribution is -2.13. The van der Waals surface area contributed by atoms with Gasteiger partial charge in [-0.3, -0.25) is 4.72 Å². The van der Waals surface area contributed by atoms with E-state index in [9.17, 15) is 12.8 Å². The van der Waals surface area contributed by atoms with Gasteiger partial charge in [0, 0.05) is 0 Å². The largest absolute Gasteiger partial charge is 0.464 e. The summed E-state index contributed by atoms with van der Waals surface area (Å²) in [5, 5.41) is 0. The van der Waals surface area contributed by atoms with E-state index in [4.69, 9.17) is 4.74 Å². The maximum absolute atomic E-state index is 12.8. The van der Waals surface area contributed by atoms with Crippen molar-refractivity contribution in [1.82, 2.24) is 9.97 Å². The Kier molecular flexibility index (Phi) is 4.14. The first-order valence-corrected chi connectivity index (χ1v) is 7.23. The van der Waals surface area contributed by atoms with E-state index in [-0.39, 0.29) is 16.6 Å². The van der Waals surface area contributed by atoms with E-state index in [0.717, 1.165) is 12.1 Å². The van der Waals surface area contributed by atoms with Crippen molar-refractivity contribution in [2.24, 2.45) is 0 Å². The molecule has 0 saturated carbocycles. The molecule has 0 spiro atoms. The van der Waals surface area contributed by atoms with Crippen molar-refractivity contribution in [2.75, 3.05) is 11.3 Å². The lowest BCUT2D eigenvalue weighted by atomic mass is 10.4. The summed E-state index contributed by atoms with van der Waals surface area (Å²) in [5.74, 6) is -0.506. The lowest BCUT2D eigenvalue weighted by molar-refractivity contribution is 0.312. The minimum Gasteiger partial charge on any atom is -0.464 e. The van der Waals surface area contributed by atoms with Gasteiger partial charge in [-0.25, -0.2) is 22.8 Å². The summed E-state index contributed by atoms with van der Waals surface area (Å²) >= 11 is 0. The van der Waals surface area contributed by atoms with Gasteiger partial charge in [0.2, 0.25) is 0 Å². The van der Waals surface area contributed by atoms with E-state index < -0.39 is 15.8 Å². The zero-order valence-electron chi connectivity index (χ0n) is 10.6. The minimum absolute atomic E-state index is 0.0483. The van der Waals surface area contributed by atoms with Crippen LogP contribution in [0.15, 0.2) is 41.6 Å². The standard InChI is InChI=1S/C12H12FN3O3S/c1-2-19-12-14-7-10(8-15-12)16-20(17,18)11-5-3-9(13)4-6-11/h3-8,16H,2H2,1H3. The smallest absolute Gasteiger partial charge is 0.316 e. The molecule has 0 atom stereocenters. The zero-order valence-corrected chi connectivity index (χ0v) is 11.4. The molecule has 8 heteroatoms. The number of aromatic nitrogens is 2. The Hall–Kier alpha value is -2.22.